The molecule has 122 valence electrons. The molecule has 0 bridgehead atoms. The lowest BCUT2D eigenvalue weighted by atomic mass is 9.98. The second-order valence-corrected chi connectivity index (χ2v) is 7.20. The number of ether oxygens (including phenoxy) is 1. The number of hydrogen-bond donors (Lipinski definition) is 1. The molecule has 5 nitrogen and oxygen atoms in total. The number of hydrogen-bond acceptors (Lipinski definition) is 5. The highest BCUT2D eigenvalue weighted by Crippen LogP contribution is 2.26. The number of methoxy groups -OCH3 is 1. The SMILES string of the molecule is COC(=O)C[C@@H](CS(=O)(=O)c1ccc(O)cc1)c1ccccc1. The molecule has 0 aromatic heterocycles. The van der Waals surface area contributed by atoms with E-state index in [9.17, 15) is 18.3 Å². The van der Waals surface area contributed by atoms with Crippen molar-refractivity contribution in [2.24, 2.45) is 0 Å². The van der Waals surface area contributed by atoms with Crippen LogP contribution in [0.5, 0.6) is 5.75 Å². The molecule has 0 amide bonds. The van der Waals surface area contributed by atoms with Gasteiger partial charge in [0.1, 0.15) is 5.75 Å². The largest absolute Gasteiger partial charge is 0.508 e. The van der Waals surface area contributed by atoms with Gasteiger partial charge in [-0.3, -0.25) is 4.79 Å². The number of carbonyl (C=O) groups excluding carboxylic acids is 1. The van der Waals surface area contributed by atoms with E-state index in [-0.39, 0.29) is 22.8 Å². The zero-order valence-electron chi connectivity index (χ0n) is 12.7. The van der Waals surface area contributed by atoms with Crippen LogP contribution in [0.4, 0.5) is 0 Å². The number of carbonyl (C=O) groups is 1. The van der Waals surface area contributed by atoms with E-state index < -0.39 is 21.7 Å². The van der Waals surface area contributed by atoms with Crippen molar-refractivity contribution < 1.29 is 23.1 Å². The van der Waals surface area contributed by atoms with E-state index in [1.54, 1.807) is 24.3 Å². The molecule has 2 aromatic carbocycles. The molecule has 1 atom stereocenters. The first-order valence-corrected chi connectivity index (χ1v) is 8.71. The smallest absolute Gasteiger partial charge is 0.306 e. The summed E-state index contributed by atoms with van der Waals surface area (Å²) >= 11 is 0. The van der Waals surface area contributed by atoms with Crippen LogP contribution in [0.1, 0.15) is 17.9 Å². The van der Waals surface area contributed by atoms with E-state index in [2.05, 4.69) is 4.74 Å². The highest BCUT2D eigenvalue weighted by atomic mass is 32.2. The summed E-state index contributed by atoms with van der Waals surface area (Å²) in [5.41, 5.74) is 0.764. The predicted octanol–water partition coefficient (Wildman–Crippen LogP) is 2.51. The monoisotopic (exact) mass is 334 g/mol. The third kappa shape index (κ3) is 4.56. The summed E-state index contributed by atoms with van der Waals surface area (Å²) in [4.78, 5) is 11.7. The van der Waals surface area contributed by atoms with E-state index >= 15 is 0 Å². The Kier molecular flexibility index (Phi) is 5.39. The maximum Gasteiger partial charge on any atom is 0.306 e. The van der Waals surface area contributed by atoms with Gasteiger partial charge in [-0.15, -0.1) is 0 Å². The van der Waals surface area contributed by atoms with Crippen LogP contribution in [0.15, 0.2) is 59.5 Å². The molecule has 0 fully saturated rings. The van der Waals surface area contributed by atoms with Gasteiger partial charge < -0.3 is 9.84 Å². The fourth-order valence-corrected chi connectivity index (χ4v) is 3.88. The lowest BCUT2D eigenvalue weighted by molar-refractivity contribution is -0.140. The standard InChI is InChI=1S/C17H18O5S/c1-22-17(19)11-14(13-5-3-2-4-6-13)12-23(20,21)16-9-7-15(18)8-10-16/h2-10,14,18H,11-12H2,1H3/t14-/m0/s1. The van der Waals surface area contributed by atoms with Crippen LogP contribution < -0.4 is 0 Å². The van der Waals surface area contributed by atoms with E-state index in [1.807, 2.05) is 6.07 Å². The molecule has 0 saturated carbocycles. The Morgan fingerprint density at radius 2 is 1.70 bits per heavy atom. The zero-order chi connectivity index (χ0) is 16.9. The Bertz CT molecular complexity index is 751. The number of benzene rings is 2. The molecule has 2 rings (SSSR count). The lowest BCUT2D eigenvalue weighted by Gasteiger charge is -2.16. The first-order valence-electron chi connectivity index (χ1n) is 7.06. The zero-order valence-corrected chi connectivity index (χ0v) is 13.5. The van der Waals surface area contributed by atoms with Crippen LogP contribution in [0.2, 0.25) is 0 Å². The van der Waals surface area contributed by atoms with Crippen molar-refractivity contribution in [1.82, 2.24) is 0 Å². The Hall–Kier alpha value is -2.34. The number of aromatic hydroxyl groups is 1. The fourth-order valence-electron chi connectivity index (χ4n) is 2.30. The number of rotatable bonds is 6. The minimum Gasteiger partial charge on any atom is -0.508 e. The molecule has 0 unspecified atom stereocenters. The van der Waals surface area contributed by atoms with Crippen molar-refractivity contribution in [2.45, 2.75) is 17.2 Å². The minimum atomic E-state index is -3.60. The highest BCUT2D eigenvalue weighted by Gasteiger charge is 2.25. The summed E-state index contributed by atoms with van der Waals surface area (Å²) in [6.07, 6.45) is -0.0160. The number of phenolic OH excluding ortho intramolecular Hbond substituents is 1. The van der Waals surface area contributed by atoms with E-state index in [0.29, 0.717) is 0 Å². The average molecular weight is 334 g/mol. The van der Waals surface area contributed by atoms with Crippen molar-refractivity contribution in [1.29, 1.82) is 0 Å². The summed E-state index contributed by atoms with van der Waals surface area (Å²) in [6, 6.07) is 14.4. The molecular formula is C17H18O5S. The normalized spacial score (nSPS) is 12.6. The molecule has 0 aliphatic rings. The van der Waals surface area contributed by atoms with Gasteiger partial charge in [0.05, 0.1) is 24.2 Å². The maximum atomic E-state index is 12.6. The Morgan fingerprint density at radius 3 is 2.26 bits per heavy atom. The summed E-state index contributed by atoms with van der Waals surface area (Å²) in [5.74, 6) is -1.17. The minimum absolute atomic E-state index is 0.00174. The van der Waals surface area contributed by atoms with Crippen LogP contribution in [0.25, 0.3) is 0 Å². The van der Waals surface area contributed by atoms with Crippen molar-refractivity contribution in [2.75, 3.05) is 12.9 Å². The highest BCUT2D eigenvalue weighted by molar-refractivity contribution is 7.91. The number of phenols is 1. The van der Waals surface area contributed by atoms with E-state index in [4.69, 9.17) is 0 Å². The lowest BCUT2D eigenvalue weighted by Crippen LogP contribution is -2.18. The van der Waals surface area contributed by atoms with Crippen molar-refractivity contribution in [3.63, 3.8) is 0 Å². The van der Waals surface area contributed by atoms with Crippen LogP contribution >= 0.6 is 0 Å². The van der Waals surface area contributed by atoms with Crippen LogP contribution in [-0.4, -0.2) is 32.4 Å². The molecule has 0 aliphatic carbocycles. The average Bonchev–Trinajstić information content (AvgIpc) is 2.55. The van der Waals surface area contributed by atoms with Crippen molar-refractivity contribution in [3.05, 3.63) is 60.2 Å². The van der Waals surface area contributed by atoms with E-state index in [1.165, 1.54) is 31.4 Å². The predicted molar refractivity (Wildman–Crippen MR) is 86.0 cm³/mol. The van der Waals surface area contributed by atoms with Gasteiger partial charge in [-0.1, -0.05) is 30.3 Å². The third-order valence-electron chi connectivity index (χ3n) is 3.53. The number of esters is 1. The van der Waals surface area contributed by atoms with Gasteiger partial charge in [-0.05, 0) is 29.8 Å². The first-order chi connectivity index (χ1) is 10.9. The second kappa shape index (κ2) is 7.28. The van der Waals surface area contributed by atoms with Gasteiger partial charge in [0, 0.05) is 5.92 Å². The van der Waals surface area contributed by atoms with Gasteiger partial charge in [-0.25, -0.2) is 8.42 Å². The van der Waals surface area contributed by atoms with Crippen LogP contribution in [0, 0.1) is 0 Å². The quantitative estimate of drug-likeness (QED) is 0.821. The van der Waals surface area contributed by atoms with E-state index in [0.717, 1.165) is 5.56 Å². The summed E-state index contributed by atoms with van der Waals surface area (Å²) < 4.78 is 29.8. The van der Waals surface area contributed by atoms with Crippen LogP contribution in [0.3, 0.4) is 0 Å². The molecule has 0 spiro atoms. The summed E-state index contributed by atoms with van der Waals surface area (Å²) in [6.45, 7) is 0. The Labute approximate surface area is 135 Å². The molecule has 0 heterocycles. The second-order valence-electron chi connectivity index (χ2n) is 5.16. The van der Waals surface area contributed by atoms with Gasteiger partial charge in [0.15, 0.2) is 9.84 Å². The van der Waals surface area contributed by atoms with Gasteiger partial charge >= 0.3 is 5.97 Å². The third-order valence-corrected chi connectivity index (χ3v) is 5.36. The molecule has 0 radical (unpaired) electrons. The Balaban J connectivity index is 2.29. The topological polar surface area (TPSA) is 80.7 Å². The van der Waals surface area contributed by atoms with Crippen LogP contribution in [-0.2, 0) is 19.4 Å². The van der Waals surface area contributed by atoms with Gasteiger partial charge in [-0.2, -0.15) is 0 Å². The van der Waals surface area contributed by atoms with Gasteiger partial charge in [0.25, 0.3) is 0 Å². The molecule has 0 aliphatic heterocycles. The van der Waals surface area contributed by atoms with Crippen molar-refractivity contribution >= 4 is 15.8 Å². The molecular weight excluding hydrogens is 316 g/mol. The van der Waals surface area contributed by atoms with Crippen molar-refractivity contribution in [3.8, 4) is 5.75 Å². The first kappa shape index (κ1) is 17.0. The fraction of sp³-hybridized carbons (Fsp3) is 0.235. The molecule has 2 aromatic rings. The maximum absolute atomic E-state index is 12.6. The Morgan fingerprint density at radius 1 is 1.09 bits per heavy atom. The number of sulfone groups is 1. The summed E-state index contributed by atoms with van der Waals surface area (Å²) in [7, 11) is -2.32. The molecule has 1 N–H and O–H groups in total. The molecule has 23 heavy (non-hydrogen) atoms. The molecule has 6 heteroatoms. The van der Waals surface area contributed by atoms with Gasteiger partial charge in [0.2, 0.25) is 0 Å². The summed E-state index contributed by atoms with van der Waals surface area (Å²) in [5, 5.41) is 9.28. The molecule has 0 saturated heterocycles.